The highest BCUT2D eigenvalue weighted by Crippen LogP contribution is 2.16. The Hall–Kier alpha value is -1.62. The van der Waals surface area contributed by atoms with Crippen LogP contribution in [0, 0.1) is 13.8 Å². The van der Waals surface area contributed by atoms with Crippen LogP contribution in [0.4, 0.5) is 0 Å². The molecule has 2 N–H and O–H groups in total. The zero-order valence-corrected chi connectivity index (χ0v) is 21.6. The Labute approximate surface area is 197 Å². The van der Waals surface area contributed by atoms with Crippen molar-refractivity contribution in [1.82, 2.24) is 20.4 Å². The van der Waals surface area contributed by atoms with E-state index in [1.54, 1.807) is 0 Å². The topological polar surface area (TPSA) is 88.4 Å². The van der Waals surface area contributed by atoms with Gasteiger partial charge in [-0.1, -0.05) is 30.3 Å². The van der Waals surface area contributed by atoms with Gasteiger partial charge in [-0.15, -0.1) is 24.0 Å². The number of halogens is 1. The van der Waals surface area contributed by atoms with Crippen LogP contribution in [-0.4, -0.2) is 48.8 Å². The molecular formula is C21H34IN5O2S. The maximum absolute atomic E-state index is 11.4. The molecule has 0 radical (unpaired) electrons. The molecule has 0 fully saturated rings. The van der Waals surface area contributed by atoms with Gasteiger partial charge >= 0.3 is 0 Å². The van der Waals surface area contributed by atoms with Crippen LogP contribution in [0.5, 0.6) is 0 Å². The lowest BCUT2D eigenvalue weighted by Crippen LogP contribution is -2.42. The van der Waals surface area contributed by atoms with E-state index in [2.05, 4.69) is 34.8 Å². The second kappa shape index (κ2) is 12.3. The molecular weight excluding hydrogens is 513 g/mol. The lowest BCUT2D eigenvalue weighted by molar-refractivity contribution is 0.581. The fourth-order valence-corrected chi connectivity index (χ4v) is 3.83. The third-order valence-electron chi connectivity index (χ3n) is 4.75. The Bertz CT molecular complexity index is 926. The monoisotopic (exact) mass is 547 g/mol. The highest BCUT2D eigenvalue weighted by molar-refractivity contribution is 14.0. The molecule has 0 aliphatic carbocycles. The summed E-state index contributed by atoms with van der Waals surface area (Å²) in [5, 5.41) is 11.2. The molecule has 0 aliphatic rings. The first kappa shape index (κ1) is 26.4. The summed E-state index contributed by atoms with van der Waals surface area (Å²) in [6, 6.07) is 10.3. The van der Waals surface area contributed by atoms with E-state index in [0.717, 1.165) is 30.0 Å². The van der Waals surface area contributed by atoms with Crippen LogP contribution in [0.3, 0.4) is 0 Å². The van der Waals surface area contributed by atoms with E-state index < -0.39 is 9.84 Å². The standard InChI is InChI=1S/C21H33N5O2S.HI/c1-6-22-21(24-16(2)12-13-29(5,27)28)23-14-20-17(3)25-26(18(20)4)15-19-10-8-7-9-11-19;/h7-11,16H,6,12-15H2,1-5H3,(H2,22,23,24);1H. The van der Waals surface area contributed by atoms with Crippen LogP contribution in [0.1, 0.15) is 42.8 Å². The largest absolute Gasteiger partial charge is 0.357 e. The Morgan fingerprint density at radius 1 is 1.23 bits per heavy atom. The van der Waals surface area contributed by atoms with E-state index in [0.29, 0.717) is 18.9 Å². The van der Waals surface area contributed by atoms with Crippen molar-refractivity contribution in [1.29, 1.82) is 0 Å². The number of nitrogens with zero attached hydrogens (tertiary/aromatic N) is 3. The number of aromatic nitrogens is 2. The number of benzene rings is 1. The number of hydrogen-bond acceptors (Lipinski definition) is 4. The summed E-state index contributed by atoms with van der Waals surface area (Å²) in [4.78, 5) is 4.70. The summed E-state index contributed by atoms with van der Waals surface area (Å²) in [6.45, 7) is 10.0. The van der Waals surface area contributed by atoms with Crippen molar-refractivity contribution in [2.75, 3.05) is 18.6 Å². The number of aryl methyl sites for hydroxylation is 1. The smallest absolute Gasteiger partial charge is 0.191 e. The van der Waals surface area contributed by atoms with Crippen molar-refractivity contribution < 1.29 is 8.42 Å². The van der Waals surface area contributed by atoms with Crippen molar-refractivity contribution in [3.8, 4) is 0 Å². The van der Waals surface area contributed by atoms with Gasteiger partial charge in [0.25, 0.3) is 0 Å². The lowest BCUT2D eigenvalue weighted by atomic mass is 10.2. The van der Waals surface area contributed by atoms with Crippen LogP contribution in [0.15, 0.2) is 35.3 Å². The Morgan fingerprint density at radius 3 is 2.50 bits per heavy atom. The van der Waals surface area contributed by atoms with E-state index in [4.69, 9.17) is 4.99 Å². The fraction of sp³-hybridized carbons (Fsp3) is 0.524. The summed E-state index contributed by atoms with van der Waals surface area (Å²) in [5.74, 6) is 0.841. The minimum Gasteiger partial charge on any atom is -0.357 e. The molecule has 0 spiro atoms. The Balaban J connectivity index is 0.00000450. The van der Waals surface area contributed by atoms with Gasteiger partial charge in [0.1, 0.15) is 9.84 Å². The average Bonchev–Trinajstić information content (AvgIpc) is 2.91. The Morgan fingerprint density at radius 2 is 1.90 bits per heavy atom. The zero-order chi connectivity index (χ0) is 21.4. The molecule has 9 heteroatoms. The molecule has 1 atom stereocenters. The van der Waals surface area contributed by atoms with E-state index in [1.165, 1.54) is 11.8 Å². The maximum Gasteiger partial charge on any atom is 0.191 e. The van der Waals surface area contributed by atoms with Gasteiger partial charge in [0.15, 0.2) is 5.96 Å². The van der Waals surface area contributed by atoms with Crippen molar-refractivity contribution in [3.05, 3.63) is 52.8 Å². The maximum atomic E-state index is 11.4. The summed E-state index contributed by atoms with van der Waals surface area (Å²) >= 11 is 0. The molecule has 0 bridgehead atoms. The van der Waals surface area contributed by atoms with Gasteiger partial charge in [-0.05, 0) is 39.7 Å². The molecule has 1 heterocycles. The minimum absolute atomic E-state index is 0. The van der Waals surface area contributed by atoms with E-state index in [9.17, 15) is 8.42 Å². The second-order valence-corrected chi connectivity index (χ2v) is 9.71. The molecule has 0 saturated carbocycles. The van der Waals surface area contributed by atoms with Gasteiger partial charge in [-0.25, -0.2) is 13.4 Å². The van der Waals surface area contributed by atoms with Crippen LogP contribution in [0.25, 0.3) is 0 Å². The van der Waals surface area contributed by atoms with E-state index >= 15 is 0 Å². The number of rotatable bonds is 9. The van der Waals surface area contributed by atoms with E-state index in [-0.39, 0.29) is 35.8 Å². The number of sulfone groups is 1. The first-order valence-corrected chi connectivity index (χ1v) is 12.0. The van der Waals surface area contributed by atoms with Crippen molar-refractivity contribution in [3.63, 3.8) is 0 Å². The fourth-order valence-electron chi connectivity index (χ4n) is 3.05. The SMILES string of the molecule is CCNC(=NCc1c(C)nn(Cc2ccccc2)c1C)NC(C)CCS(C)(=O)=O.I. The molecule has 0 amide bonds. The van der Waals surface area contributed by atoms with Crippen LogP contribution < -0.4 is 10.6 Å². The molecule has 7 nitrogen and oxygen atoms in total. The number of aliphatic imine (C=N–C) groups is 1. The van der Waals surface area contributed by atoms with Crippen molar-refractivity contribution in [2.24, 2.45) is 4.99 Å². The quantitative estimate of drug-likeness (QED) is 0.286. The third-order valence-corrected chi connectivity index (χ3v) is 5.73. The highest BCUT2D eigenvalue weighted by Gasteiger charge is 2.13. The molecule has 2 aromatic rings. The summed E-state index contributed by atoms with van der Waals surface area (Å²) < 4.78 is 24.8. The van der Waals surface area contributed by atoms with Crippen LogP contribution >= 0.6 is 24.0 Å². The van der Waals surface area contributed by atoms with Gasteiger partial charge in [0.2, 0.25) is 0 Å². The summed E-state index contributed by atoms with van der Waals surface area (Å²) in [6.07, 6.45) is 1.80. The van der Waals surface area contributed by atoms with Gasteiger partial charge in [0.05, 0.1) is 24.5 Å². The lowest BCUT2D eigenvalue weighted by Gasteiger charge is -2.17. The summed E-state index contributed by atoms with van der Waals surface area (Å²) in [5.41, 5.74) is 4.41. The predicted octanol–water partition coefficient (Wildman–Crippen LogP) is 3.04. The normalized spacial score (nSPS) is 12.9. The van der Waals surface area contributed by atoms with Gasteiger partial charge in [0, 0.05) is 30.1 Å². The third kappa shape index (κ3) is 8.63. The van der Waals surface area contributed by atoms with Crippen molar-refractivity contribution >= 4 is 39.8 Å². The molecule has 0 saturated heterocycles. The second-order valence-electron chi connectivity index (χ2n) is 7.45. The summed E-state index contributed by atoms with van der Waals surface area (Å²) in [7, 11) is -2.97. The molecule has 1 aromatic heterocycles. The van der Waals surface area contributed by atoms with Crippen LogP contribution in [-0.2, 0) is 22.9 Å². The number of hydrogen-bond donors (Lipinski definition) is 2. The zero-order valence-electron chi connectivity index (χ0n) is 18.5. The average molecular weight is 548 g/mol. The highest BCUT2D eigenvalue weighted by atomic mass is 127. The minimum atomic E-state index is -2.97. The molecule has 30 heavy (non-hydrogen) atoms. The number of guanidine groups is 1. The van der Waals surface area contributed by atoms with Gasteiger partial charge in [-0.2, -0.15) is 5.10 Å². The van der Waals surface area contributed by atoms with Gasteiger partial charge < -0.3 is 10.6 Å². The molecule has 0 aliphatic heterocycles. The first-order chi connectivity index (χ1) is 13.7. The predicted molar refractivity (Wildman–Crippen MR) is 134 cm³/mol. The van der Waals surface area contributed by atoms with Crippen molar-refractivity contribution in [2.45, 2.75) is 53.2 Å². The molecule has 1 unspecified atom stereocenters. The molecule has 168 valence electrons. The first-order valence-electron chi connectivity index (χ1n) is 9.99. The Kier molecular flexibility index (Phi) is 10.8. The van der Waals surface area contributed by atoms with Gasteiger partial charge in [-0.3, -0.25) is 4.68 Å². The molecule has 1 aromatic carbocycles. The van der Waals surface area contributed by atoms with E-state index in [1.807, 2.05) is 43.7 Å². The molecule has 2 rings (SSSR count). The number of nitrogens with one attached hydrogen (secondary N) is 2. The van der Waals surface area contributed by atoms with Crippen LogP contribution in [0.2, 0.25) is 0 Å².